The van der Waals surface area contributed by atoms with Crippen molar-refractivity contribution in [3.8, 4) is 0 Å². The highest BCUT2D eigenvalue weighted by molar-refractivity contribution is 7.22. The number of halogens is 1. The standard InChI is InChI=1S/C18H14ClN5OS2/c19-12-2-4-14-16(10-12)26-18(20-14)24-7-5-23(6-8-24)17(25)11-1-3-13-15(9-11)22-27-21-13/h1-4,9-10H,5-8H2. The molecule has 0 bridgehead atoms. The van der Waals surface area contributed by atoms with Gasteiger partial charge in [0.1, 0.15) is 11.0 Å². The van der Waals surface area contributed by atoms with Gasteiger partial charge in [0.05, 0.1) is 21.9 Å². The summed E-state index contributed by atoms with van der Waals surface area (Å²) in [6.07, 6.45) is 0. The van der Waals surface area contributed by atoms with Crippen molar-refractivity contribution in [2.24, 2.45) is 0 Å². The minimum absolute atomic E-state index is 0.0423. The molecule has 2 aromatic heterocycles. The van der Waals surface area contributed by atoms with E-state index >= 15 is 0 Å². The Morgan fingerprint density at radius 1 is 0.963 bits per heavy atom. The Morgan fingerprint density at radius 3 is 2.59 bits per heavy atom. The molecule has 1 fully saturated rings. The zero-order chi connectivity index (χ0) is 18.4. The summed E-state index contributed by atoms with van der Waals surface area (Å²) in [5.74, 6) is 0.0423. The summed E-state index contributed by atoms with van der Waals surface area (Å²) in [7, 11) is 0. The SMILES string of the molecule is O=C(c1ccc2nsnc2c1)N1CCN(c2nc3ccc(Cl)cc3s2)CC1. The molecule has 0 radical (unpaired) electrons. The second-order valence-electron chi connectivity index (χ2n) is 6.36. The van der Waals surface area contributed by atoms with Gasteiger partial charge in [-0.15, -0.1) is 0 Å². The maximum absolute atomic E-state index is 12.8. The zero-order valence-electron chi connectivity index (χ0n) is 14.1. The average Bonchev–Trinajstić information content (AvgIpc) is 3.33. The molecule has 1 amide bonds. The molecule has 9 heteroatoms. The molecule has 0 spiro atoms. The highest BCUT2D eigenvalue weighted by Gasteiger charge is 2.24. The van der Waals surface area contributed by atoms with E-state index in [0.29, 0.717) is 18.7 Å². The quantitative estimate of drug-likeness (QED) is 0.496. The third-order valence-corrected chi connectivity index (χ3v) is 6.55. The van der Waals surface area contributed by atoms with Gasteiger partial charge in [-0.25, -0.2) is 4.98 Å². The van der Waals surface area contributed by atoms with Gasteiger partial charge >= 0.3 is 0 Å². The Bertz CT molecular complexity index is 1150. The zero-order valence-corrected chi connectivity index (χ0v) is 16.5. The molecule has 4 aromatic rings. The van der Waals surface area contributed by atoms with E-state index in [9.17, 15) is 4.79 Å². The van der Waals surface area contributed by atoms with Crippen LogP contribution in [-0.4, -0.2) is 50.7 Å². The number of amides is 1. The minimum atomic E-state index is 0.0423. The number of hydrogen-bond donors (Lipinski definition) is 0. The van der Waals surface area contributed by atoms with Gasteiger partial charge in [0.2, 0.25) is 0 Å². The molecule has 5 rings (SSSR count). The van der Waals surface area contributed by atoms with Gasteiger partial charge < -0.3 is 9.80 Å². The second kappa shape index (κ2) is 6.70. The van der Waals surface area contributed by atoms with E-state index in [0.717, 1.165) is 56.2 Å². The topological polar surface area (TPSA) is 62.2 Å². The lowest BCUT2D eigenvalue weighted by atomic mass is 10.1. The second-order valence-corrected chi connectivity index (χ2v) is 8.33. The van der Waals surface area contributed by atoms with Crippen LogP contribution in [0, 0.1) is 0 Å². The van der Waals surface area contributed by atoms with Crippen LogP contribution >= 0.6 is 34.7 Å². The predicted octanol–water partition coefficient (Wildman–Crippen LogP) is 3.92. The Hall–Kier alpha value is -2.29. The Morgan fingerprint density at radius 2 is 1.74 bits per heavy atom. The number of benzene rings is 2. The highest BCUT2D eigenvalue weighted by Crippen LogP contribution is 2.31. The summed E-state index contributed by atoms with van der Waals surface area (Å²) in [6, 6.07) is 11.3. The van der Waals surface area contributed by atoms with Crippen LogP contribution < -0.4 is 4.90 Å². The average molecular weight is 416 g/mol. The van der Waals surface area contributed by atoms with Crippen molar-refractivity contribution in [3.05, 3.63) is 47.0 Å². The molecule has 1 aliphatic rings. The van der Waals surface area contributed by atoms with Gasteiger partial charge in [-0.05, 0) is 36.4 Å². The van der Waals surface area contributed by atoms with Crippen molar-refractivity contribution >= 4 is 67.0 Å². The number of carbonyl (C=O) groups is 1. The van der Waals surface area contributed by atoms with E-state index in [1.54, 1.807) is 11.3 Å². The number of piperazine rings is 1. The van der Waals surface area contributed by atoms with Gasteiger partial charge in [0, 0.05) is 36.8 Å². The number of hydrogen-bond acceptors (Lipinski definition) is 7. The van der Waals surface area contributed by atoms with Gasteiger partial charge in [0.15, 0.2) is 5.13 Å². The molecule has 0 atom stereocenters. The first-order chi connectivity index (χ1) is 13.2. The minimum Gasteiger partial charge on any atom is -0.345 e. The van der Waals surface area contributed by atoms with Gasteiger partial charge in [-0.1, -0.05) is 22.9 Å². The summed E-state index contributed by atoms with van der Waals surface area (Å²) < 4.78 is 9.49. The molecule has 6 nitrogen and oxygen atoms in total. The summed E-state index contributed by atoms with van der Waals surface area (Å²) in [5, 5.41) is 1.70. The number of rotatable bonds is 2. The first kappa shape index (κ1) is 16.9. The molecule has 136 valence electrons. The summed E-state index contributed by atoms with van der Waals surface area (Å²) >= 11 is 8.87. The van der Waals surface area contributed by atoms with E-state index in [4.69, 9.17) is 16.6 Å². The van der Waals surface area contributed by atoms with Crippen molar-refractivity contribution in [1.29, 1.82) is 0 Å². The predicted molar refractivity (Wildman–Crippen MR) is 110 cm³/mol. The lowest BCUT2D eigenvalue weighted by molar-refractivity contribution is 0.0747. The Labute approximate surface area is 168 Å². The van der Waals surface area contributed by atoms with Crippen molar-refractivity contribution in [2.45, 2.75) is 0 Å². The van der Waals surface area contributed by atoms with Gasteiger partial charge in [0.25, 0.3) is 5.91 Å². The van der Waals surface area contributed by atoms with Gasteiger partial charge in [-0.2, -0.15) is 8.75 Å². The highest BCUT2D eigenvalue weighted by atomic mass is 35.5. The lowest BCUT2D eigenvalue weighted by Crippen LogP contribution is -2.48. The fourth-order valence-corrected chi connectivity index (χ4v) is 5.03. The van der Waals surface area contributed by atoms with E-state index in [2.05, 4.69) is 13.6 Å². The molecule has 1 saturated heterocycles. The molecule has 0 aliphatic carbocycles. The summed E-state index contributed by atoms with van der Waals surface area (Å²) in [5.41, 5.74) is 3.23. The summed E-state index contributed by atoms with van der Waals surface area (Å²) in [4.78, 5) is 21.6. The summed E-state index contributed by atoms with van der Waals surface area (Å²) in [6.45, 7) is 2.87. The fourth-order valence-electron chi connectivity index (χ4n) is 3.22. The number of thiazole rings is 1. The molecular weight excluding hydrogens is 402 g/mol. The molecule has 0 unspecified atom stereocenters. The molecular formula is C18H14ClN5OS2. The number of aromatic nitrogens is 3. The third kappa shape index (κ3) is 3.13. The van der Waals surface area contributed by atoms with E-state index in [1.165, 1.54) is 0 Å². The molecule has 1 aliphatic heterocycles. The smallest absolute Gasteiger partial charge is 0.254 e. The first-order valence-corrected chi connectivity index (χ1v) is 10.4. The van der Waals surface area contributed by atoms with Crippen LogP contribution in [0.5, 0.6) is 0 Å². The van der Waals surface area contributed by atoms with E-state index in [-0.39, 0.29) is 5.91 Å². The normalized spacial score (nSPS) is 15.0. The molecule has 0 N–H and O–H groups in total. The first-order valence-electron chi connectivity index (χ1n) is 8.50. The van der Waals surface area contributed by atoms with Crippen molar-refractivity contribution in [2.75, 3.05) is 31.1 Å². The maximum atomic E-state index is 12.8. The monoisotopic (exact) mass is 415 g/mol. The van der Waals surface area contributed by atoms with Crippen LogP contribution in [0.25, 0.3) is 21.3 Å². The molecule has 0 saturated carbocycles. The number of carbonyl (C=O) groups excluding carboxylic acids is 1. The van der Waals surface area contributed by atoms with Crippen LogP contribution in [0.3, 0.4) is 0 Å². The van der Waals surface area contributed by atoms with E-state index < -0.39 is 0 Å². The third-order valence-electron chi connectivity index (χ3n) is 4.68. The maximum Gasteiger partial charge on any atom is 0.254 e. The van der Waals surface area contributed by atoms with Crippen LogP contribution in [0.2, 0.25) is 5.02 Å². The fraction of sp³-hybridized carbons (Fsp3) is 0.222. The van der Waals surface area contributed by atoms with Crippen LogP contribution in [0.4, 0.5) is 5.13 Å². The largest absolute Gasteiger partial charge is 0.345 e. The number of nitrogens with zero attached hydrogens (tertiary/aromatic N) is 5. The van der Waals surface area contributed by atoms with Crippen LogP contribution in [0.1, 0.15) is 10.4 Å². The van der Waals surface area contributed by atoms with Crippen LogP contribution in [-0.2, 0) is 0 Å². The van der Waals surface area contributed by atoms with Crippen molar-refractivity contribution in [3.63, 3.8) is 0 Å². The number of anilines is 1. The van der Waals surface area contributed by atoms with Crippen molar-refractivity contribution in [1.82, 2.24) is 18.6 Å². The Balaban J connectivity index is 1.30. The molecule has 2 aromatic carbocycles. The molecule has 27 heavy (non-hydrogen) atoms. The Kier molecular flexibility index (Phi) is 4.18. The van der Waals surface area contributed by atoms with Crippen molar-refractivity contribution < 1.29 is 4.79 Å². The van der Waals surface area contributed by atoms with Gasteiger partial charge in [-0.3, -0.25) is 4.79 Å². The lowest BCUT2D eigenvalue weighted by Gasteiger charge is -2.34. The molecule has 3 heterocycles. The van der Waals surface area contributed by atoms with Crippen LogP contribution in [0.15, 0.2) is 36.4 Å². The van der Waals surface area contributed by atoms with E-state index in [1.807, 2.05) is 41.3 Å². The number of fused-ring (bicyclic) bond motifs is 2.